The molecule has 38 heavy (non-hydrogen) atoms. The number of esters is 1. The fraction of sp³-hybridized carbons (Fsp3) is 0.643. The van der Waals surface area contributed by atoms with E-state index in [1.807, 2.05) is 13.0 Å². The standard InChI is InChI=1S/C28H31F6NO3/c1-14-13-20-26(3,12-10-21(36)38-20)16-9-11-25(2)15(22(14)16)7-8-18(25)24(37)35-19-6-4-5-17(27(29,30)31)23(19)28(32,33)34/h4-6,10,12,14-16,18,20,22H,7-9,11,13H2,1-3H3,(H,35,37)/t14-,15-,16-,18+,20+,22-,25-,26+/m0/s1. The molecule has 0 unspecified atom stereocenters. The Kier molecular flexibility index (Phi) is 6.23. The molecule has 5 rings (SSSR count). The van der Waals surface area contributed by atoms with Gasteiger partial charge in [-0.2, -0.15) is 26.3 Å². The summed E-state index contributed by atoms with van der Waals surface area (Å²) in [5, 5.41) is 2.24. The number of alkyl halides is 6. The molecule has 3 fully saturated rings. The van der Waals surface area contributed by atoms with Gasteiger partial charge in [-0.3, -0.25) is 4.79 Å². The van der Waals surface area contributed by atoms with Gasteiger partial charge >= 0.3 is 18.3 Å². The summed E-state index contributed by atoms with van der Waals surface area (Å²) in [7, 11) is 0. The molecule has 1 heterocycles. The number of benzene rings is 1. The smallest absolute Gasteiger partial charge is 0.419 e. The number of hydrogen-bond donors (Lipinski definition) is 1. The van der Waals surface area contributed by atoms with Gasteiger partial charge < -0.3 is 10.1 Å². The van der Waals surface area contributed by atoms with Gasteiger partial charge in [-0.25, -0.2) is 4.79 Å². The first-order chi connectivity index (χ1) is 17.6. The summed E-state index contributed by atoms with van der Waals surface area (Å²) >= 11 is 0. The topological polar surface area (TPSA) is 55.4 Å². The third-order valence-corrected chi connectivity index (χ3v) is 10.1. The molecular weight excluding hydrogens is 512 g/mol. The van der Waals surface area contributed by atoms with Crippen molar-refractivity contribution in [3.8, 4) is 0 Å². The lowest BCUT2D eigenvalue weighted by Gasteiger charge is -2.60. The quantitative estimate of drug-likeness (QED) is 0.316. The maximum absolute atomic E-state index is 13.7. The van der Waals surface area contributed by atoms with Crippen LogP contribution >= 0.6 is 0 Å². The van der Waals surface area contributed by atoms with Gasteiger partial charge in [-0.1, -0.05) is 32.9 Å². The van der Waals surface area contributed by atoms with E-state index in [4.69, 9.17) is 4.74 Å². The van der Waals surface area contributed by atoms with Gasteiger partial charge in [0.25, 0.3) is 0 Å². The van der Waals surface area contributed by atoms with E-state index >= 15 is 0 Å². The highest BCUT2D eigenvalue weighted by Gasteiger charge is 2.63. The molecule has 1 amide bonds. The average Bonchev–Trinajstić information content (AvgIpc) is 3.16. The van der Waals surface area contributed by atoms with Crippen LogP contribution in [0.15, 0.2) is 30.4 Å². The molecule has 0 spiro atoms. The van der Waals surface area contributed by atoms with Crippen molar-refractivity contribution >= 4 is 17.6 Å². The minimum absolute atomic E-state index is 0.124. The molecule has 1 N–H and O–H groups in total. The van der Waals surface area contributed by atoms with Crippen LogP contribution in [0.3, 0.4) is 0 Å². The zero-order chi connectivity index (χ0) is 27.8. The zero-order valence-electron chi connectivity index (χ0n) is 21.4. The highest BCUT2D eigenvalue weighted by Crippen LogP contribution is 2.66. The summed E-state index contributed by atoms with van der Waals surface area (Å²) in [5.74, 6) is -0.846. The summed E-state index contributed by atoms with van der Waals surface area (Å²) in [6, 6.07) is 2.13. The Morgan fingerprint density at radius 3 is 2.39 bits per heavy atom. The van der Waals surface area contributed by atoms with Crippen LogP contribution in [0, 0.1) is 40.4 Å². The number of hydrogen-bond acceptors (Lipinski definition) is 3. The van der Waals surface area contributed by atoms with Crippen molar-refractivity contribution in [1.29, 1.82) is 0 Å². The van der Waals surface area contributed by atoms with Crippen LogP contribution in [0.1, 0.15) is 64.0 Å². The van der Waals surface area contributed by atoms with E-state index < -0.39 is 46.4 Å². The number of carbonyl (C=O) groups is 2. The zero-order valence-corrected chi connectivity index (χ0v) is 21.4. The lowest BCUT2D eigenvalue weighted by atomic mass is 9.46. The molecule has 0 saturated heterocycles. The van der Waals surface area contributed by atoms with Crippen molar-refractivity contribution in [2.75, 3.05) is 5.32 Å². The highest BCUT2D eigenvalue weighted by atomic mass is 19.4. The van der Waals surface area contributed by atoms with Crippen LogP contribution in [0.25, 0.3) is 0 Å². The number of ether oxygens (including phenoxy) is 1. The molecule has 3 aliphatic carbocycles. The van der Waals surface area contributed by atoms with Crippen molar-refractivity contribution in [3.63, 3.8) is 0 Å². The van der Waals surface area contributed by atoms with Gasteiger partial charge in [-0.15, -0.1) is 0 Å². The van der Waals surface area contributed by atoms with E-state index in [1.54, 1.807) is 0 Å². The van der Waals surface area contributed by atoms with Crippen molar-refractivity contribution in [3.05, 3.63) is 41.5 Å². The number of halogens is 6. The predicted octanol–water partition coefficient (Wildman–Crippen LogP) is 7.25. The van der Waals surface area contributed by atoms with E-state index in [-0.39, 0.29) is 41.2 Å². The normalized spacial score (nSPS) is 38.6. The first-order valence-corrected chi connectivity index (χ1v) is 13.1. The Bertz CT molecular complexity index is 1180. The number of fused-ring (bicyclic) bond motifs is 5. The van der Waals surface area contributed by atoms with Gasteiger partial charge in [0.1, 0.15) is 6.10 Å². The van der Waals surface area contributed by atoms with Crippen molar-refractivity contribution in [1.82, 2.24) is 0 Å². The minimum atomic E-state index is -5.30. The molecule has 1 aromatic carbocycles. The van der Waals surface area contributed by atoms with Crippen molar-refractivity contribution < 1.29 is 40.7 Å². The molecule has 4 aliphatic rings. The number of anilines is 1. The molecule has 0 aromatic heterocycles. The van der Waals surface area contributed by atoms with Crippen LogP contribution in [-0.4, -0.2) is 18.0 Å². The second-order valence-corrected chi connectivity index (χ2v) is 12.0. The van der Waals surface area contributed by atoms with Gasteiger partial charge in [0.2, 0.25) is 5.91 Å². The van der Waals surface area contributed by atoms with Gasteiger partial charge in [0, 0.05) is 17.4 Å². The SMILES string of the molecule is C[C@H]1C[C@H]2OC(=O)C=C[C@]2(C)[C@H]2CC[C@]3(C)[C@@H](C(=O)Nc4cccc(C(F)(F)F)c4C(F)(F)F)CC[C@H]3[C@H]12. The monoisotopic (exact) mass is 543 g/mol. The summed E-state index contributed by atoms with van der Waals surface area (Å²) in [4.78, 5) is 25.4. The Hall–Kier alpha value is -2.52. The molecular formula is C28H31F6NO3. The fourth-order valence-electron chi connectivity index (χ4n) is 8.38. The summed E-state index contributed by atoms with van der Waals surface area (Å²) < 4.78 is 87.1. The maximum atomic E-state index is 13.7. The first kappa shape index (κ1) is 27.1. The molecule has 3 saturated carbocycles. The maximum Gasteiger partial charge on any atom is 0.419 e. The second-order valence-electron chi connectivity index (χ2n) is 12.0. The molecule has 0 bridgehead atoms. The van der Waals surface area contributed by atoms with Crippen LogP contribution in [0.2, 0.25) is 0 Å². The third kappa shape index (κ3) is 4.13. The van der Waals surface area contributed by atoms with E-state index in [0.717, 1.165) is 18.6 Å². The van der Waals surface area contributed by atoms with Gasteiger partial charge in [-0.05, 0) is 73.3 Å². The Morgan fingerprint density at radius 2 is 1.74 bits per heavy atom. The van der Waals surface area contributed by atoms with Gasteiger partial charge in [0.15, 0.2) is 0 Å². The van der Waals surface area contributed by atoms with Crippen molar-refractivity contribution in [2.45, 2.75) is 71.3 Å². The molecule has 4 nitrogen and oxygen atoms in total. The van der Waals surface area contributed by atoms with Gasteiger partial charge in [0.05, 0.1) is 16.8 Å². The summed E-state index contributed by atoms with van der Waals surface area (Å²) in [5.41, 5.74) is -5.39. The second kappa shape index (κ2) is 8.74. The Balaban J connectivity index is 1.43. The van der Waals surface area contributed by atoms with E-state index in [9.17, 15) is 35.9 Å². The summed E-state index contributed by atoms with van der Waals surface area (Å²) in [6.07, 6.45) is -4.03. The number of nitrogens with one attached hydrogen (secondary N) is 1. The molecule has 208 valence electrons. The molecule has 10 heteroatoms. The number of rotatable bonds is 2. The van der Waals surface area contributed by atoms with Crippen LogP contribution in [0.5, 0.6) is 0 Å². The third-order valence-electron chi connectivity index (χ3n) is 10.1. The summed E-state index contributed by atoms with van der Waals surface area (Å²) in [6.45, 7) is 6.23. The van der Waals surface area contributed by atoms with Crippen LogP contribution in [0.4, 0.5) is 32.0 Å². The molecule has 0 radical (unpaired) electrons. The van der Waals surface area contributed by atoms with Crippen molar-refractivity contribution in [2.24, 2.45) is 40.4 Å². The van der Waals surface area contributed by atoms with E-state index in [2.05, 4.69) is 19.2 Å². The Morgan fingerprint density at radius 1 is 1.03 bits per heavy atom. The highest BCUT2D eigenvalue weighted by molar-refractivity contribution is 5.94. The largest absolute Gasteiger partial charge is 0.458 e. The van der Waals surface area contributed by atoms with Crippen LogP contribution < -0.4 is 5.32 Å². The predicted molar refractivity (Wildman–Crippen MR) is 127 cm³/mol. The lowest BCUT2D eigenvalue weighted by molar-refractivity contribution is -0.175. The van der Waals surface area contributed by atoms with E-state index in [0.29, 0.717) is 31.7 Å². The number of amides is 1. The van der Waals surface area contributed by atoms with E-state index in [1.165, 1.54) is 6.08 Å². The molecule has 1 aromatic rings. The van der Waals surface area contributed by atoms with Crippen LogP contribution in [-0.2, 0) is 26.7 Å². The molecule has 8 atom stereocenters. The Labute approximate surface area is 217 Å². The average molecular weight is 544 g/mol. The number of carbonyl (C=O) groups excluding carboxylic acids is 2. The lowest BCUT2D eigenvalue weighted by Crippen LogP contribution is -2.58. The fourth-order valence-corrected chi connectivity index (χ4v) is 8.38. The molecule has 1 aliphatic heterocycles. The first-order valence-electron chi connectivity index (χ1n) is 13.1. The minimum Gasteiger partial charge on any atom is -0.458 e.